The molecule has 1 unspecified atom stereocenters. The molecule has 98 valence electrons. The van der Waals surface area contributed by atoms with E-state index in [1.165, 1.54) is 5.69 Å². The molecule has 0 fully saturated rings. The molecule has 0 bridgehead atoms. The number of rotatable bonds is 7. The highest BCUT2D eigenvalue weighted by molar-refractivity contribution is 9.10. The maximum absolute atomic E-state index is 4.43. The summed E-state index contributed by atoms with van der Waals surface area (Å²) in [6.45, 7) is 7.21. The number of nitrogens with one attached hydrogen (secondary N) is 1. The average Bonchev–Trinajstić information content (AvgIpc) is 2.59. The first-order valence-corrected chi connectivity index (χ1v) is 6.98. The van der Waals surface area contributed by atoms with Crippen LogP contribution in [0.15, 0.2) is 10.7 Å². The Morgan fingerprint density at radius 1 is 1.47 bits per heavy atom. The van der Waals surface area contributed by atoms with Gasteiger partial charge in [0, 0.05) is 13.1 Å². The van der Waals surface area contributed by atoms with Gasteiger partial charge in [0.2, 0.25) is 0 Å². The van der Waals surface area contributed by atoms with Crippen LogP contribution in [0.1, 0.15) is 32.0 Å². The monoisotopic (exact) mass is 302 g/mol. The minimum Gasteiger partial charge on any atom is -0.308 e. The summed E-state index contributed by atoms with van der Waals surface area (Å²) in [7, 11) is 4.19. The number of halogens is 1. The molecule has 0 saturated carbocycles. The van der Waals surface area contributed by atoms with Crippen LogP contribution in [-0.4, -0.2) is 41.9 Å². The number of aryl methyl sites for hydroxylation is 1. The average molecular weight is 303 g/mol. The zero-order chi connectivity index (χ0) is 12.8. The summed E-state index contributed by atoms with van der Waals surface area (Å²) in [5, 5.41) is 7.95. The van der Waals surface area contributed by atoms with Gasteiger partial charge in [-0.1, -0.05) is 13.8 Å². The van der Waals surface area contributed by atoms with Gasteiger partial charge in [-0.3, -0.25) is 4.68 Å². The van der Waals surface area contributed by atoms with E-state index in [-0.39, 0.29) is 0 Å². The maximum Gasteiger partial charge on any atom is 0.0708 e. The molecule has 0 aromatic carbocycles. The molecule has 0 aliphatic heterocycles. The molecule has 0 amide bonds. The summed E-state index contributed by atoms with van der Waals surface area (Å²) >= 11 is 3.61. The Morgan fingerprint density at radius 3 is 2.71 bits per heavy atom. The Hall–Kier alpha value is -0.390. The van der Waals surface area contributed by atoms with Crippen LogP contribution in [0.2, 0.25) is 0 Å². The summed E-state index contributed by atoms with van der Waals surface area (Å²) in [4.78, 5) is 2.20. The van der Waals surface area contributed by atoms with E-state index in [1.807, 2.05) is 6.20 Å². The predicted octanol–water partition coefficient (Wildman–Crippen LogP) is 2.27. The molecule has 1 heterocycles. The summed E-state index contributed by atoms with van der Waals surface area (Å²) in [5.41, 5.74) is 1.25. The van der Waals surface area contributed by atoms with Gasteiger partial charge >= 0.3 is 0 Å². The van der Waals surface area contributed by atoms with Crippen LogP contribution in [-0.2, 0) is 6.54 Å². The highest BCUT2D eigenvalue weighted by atomic mass is 79.9. The van der Waals surface area contributed by atoms with E-state index in [4.69, 9.17) is 0 Å². The minimum atomic E-state index is 0.318. The molecule has 0 aliphatic carbocycles. The van der Waals surface area contributed by atoms with Gasteiger partial charge in [0.25, 0.3) is 0 Å². The van der Waals surface area contributed by atoms with Crippen molar-refractivity contribution in [3.05, 3.63) is 16.4 Å². The predicted molar refractivity (Wildman–Crippen MR) is 75.2 cm³/mol. The zero-order valence-electron chi connectivity index (χ0n) is 11.2. The first-order valence-electron chi connectivity index (χ1n) is 6.19. The smallest absolute Gasteiger partial charge is 0.0708 e. The third kappa shape index (κ3) is 4.08. The molecule has 0 radical (unpaired) electrons. The lowest BCUT2D eigenvalue weighted by Gasteiger charge is -2.23. The van der Waals surface area contributed by atoms with Gasteiger partial charge in [-0.25, -0.2) is 0 Å². The molecular formula is C12H23BrN4. The second-order valence-electron chi connectivity index (χ2n) is 4.47. The first kappa shape index (κ1) is 14.7. The molecule has 4 nitrogen and oxygen atoms in total. The fourth-order valence-electron chi connectivity index (χ4n) is 1.97. The zero-order valence-corrected chi connectivity index (χ0v) is 12.8. The van der Waals surface area contributed by atoms with Gasteiger partial charge in [0.15, 0.2) is 0 Å². The van der Waals surface area contributed by atoms with Gasteiger partial charge in [-0.05, 0) is 43.0 Å². The van der Waals surface area contributed by atoms with E-state index in [9.17, 15) is 0 Å². The normalized spacial score (nSPS) is 13.3. The summed E-state index contributed by atoms with van der Waals surface area (Å²) < 4.78 is 3.19. The minimum absolute atomic E-state index is 0.318. The molecule has 1 N–H and O–H groups in total. The van der Waals surface area contributed by atoms with E-state index < -0.39 is 0 Å². The number of aromatic nitrogens is 2. The Kier molecular flexibility index (Phi) is 6.16. The molecule has 17 heavy (non-hydrogen) atoms. The maximum atomic E-state index is 4.43. The van der Waals surface area contributed by atoms with E-state index in [2.05, 4.69) is 63.9 Å². The number of hydrogen-bond acceptors (Lipinski definition) is 3. The second kappa shape index (κ2) is 7.13. The van der Waals surface area contributed by atoms with Gasteiger partial charge in [-0.15, -0.1) is 0 Å². The van der Waals surface area contributed by atoms with E-state index >= 15 is 0 Å². The largest absolute Gasteiger partial charge is 0.308 e. The molecule has 1 rings (SSSR count). The quantitative estimate of drug-likeness (QED) is 0.839. The lowest BCUT2D eigenvalue weighted by Crippen LogP contribution is -2.33. The topological polar surface area (TPSA) is 33.1 Å². The van der Waals surface area contributed by atoms with Crippen molar-refractivity contribution in [2.45, 2.75) is 32.9 Å². The molecule has 0 aliphatic rings. The summed E-state index contributed by atoms with van der Waals surface area (Å²) in [5.74, 6) is 0. The van der Waals surface area contributed by atoms with E-state index in [0.29, 0.717) is 6.04 Å². The van der Waals surface area contributed by atoms with Crippen LogP contribution in [0.4, 0.5) is 0 Å². The number of nitrogens with zero attached hydrogens (tertiary/aromatic N) is 3. The summed E-state index contributed by atoms with van der Waals surface area (Å²) in [6.07, 6.45) is 2.99. The Morgan fingerprint density at radius 2 is 2.18 bits per heavy atom. The van der Waals surface area contributed by atoms with Gasteiger partial charge in [0.1, 0.15) is 0 Å². The third-order valence-corrected chi connectivity index (χ3v) is 3.21. The molecule has 1 atom stereocenters. The van der Waals surface area contributed by atoms with Crippen molar-refractivity contribution in [3.63, 3.8) is 0 Å². The van der Waals surface area contributed by atoms with E-state index in [0.717, 1.165) is 30.5 Å². The molecule has 0 spiro atoms. The van der Waals surface area contributed by atoms with Gasteiger partial charge < -0.3 is 10.2 Å². The Balaban J connectivity index is 2.94. The third-order valence-electron chi connectivity index (χ3n) is 2.60. The van der Waals surface area contributed by atoms with Crippen molar-refractivity contribution >= 4 is 15.9 Å². The van der Waals surface area contributed by atoms with Crippen LogP contribution in [0.5, 0.6) is 0 Å². The molecule has 1 aromatic heterocycles. The second-order valence-corrected chi connectivity index (χ2v) is 5.33. The highest BCUT2D eigenvalue weighted by Gasteiger charge is 2.19. The number of likely N-dealkylation sites (N-methyl/N-ethyl adjacent to an activating group) is 2. The molecule has 1 aromatic rings. The first-order chi connectivity index (χ1) is 8.10. The standard InChI is InChI=1S/C12H23BrN4/c1-5-7-17-12(10(13)8-15-17)11(14-6-2)9-16(3)4/h8,11,14H,5-7,9H2,1-4H3. The lowest BCUT2D eigenvalue weighted by atomic mass is 10.2. The Labute approximate surface area is 113 Å². The van der Waals surface area contributed by atoms with Crippen molar-refractivity contribution in [1.29, 1.82) is 0 Å². The van der Waals surface area contributed by atoms with Crippen LogP contribution in [0, 0.1) is 0 Å². The van der Waals surface area contributed by atoms with Crippen molar-refractivity contribution in [1.82, 2.24) is 20.0 Å². The number of hydrogen-bond donors (Lipinski definition) is 1. The fraction of sp³-hybridized carbons (Fsp3) is 0.750. The van der Waals surface area contributed by atoms with Crippen LogP contribution in [0.3, 0.4) is 0 Å². The van der Waals surface area contributed by atoms with Crippen LogP contribution in [0.25, 0.3) is 0 Å². The van der Waals surface area contributed by atoms with Crippen molar-refractivity contribution in [3.8, 4) is 0 Å². The van der Waals surface area contributed by atoms with E-state index in [1.54, 1.807) is 0 Å². The van der Waals surface area contributed by atoms with Gasteiger partial charge in [-0.2, -0.15) is 5.10 Å². The van der Waals surface area contributed by atoms with Crippen molar-refractivity contribution in [2.24, 2.45) is 0 Å². The lowest BCUT2D eigenvalue weighted by molar-refractivity contribution is 0.331. The molecular weight excluding hydrogens is 280 g/mol. The molecule has 5 heteroatoms. The highest BCUT2D eigenvalue weighted by Crippen LogP contribution is 2.24. The van der Waals surface area contributed by atoms with Gasteiger partial charge in [0.05, 0.1) is 22.4 Å². The van der Waals surface area contributed by atoms with Crippen LogP contribution < -0.4 is 5.32 Å². The Bertz CT molecular complexity index is 335. The van der Waals surface area contributed by atoms with Crippen LogP contribution >= 0.6 is 15.9 Å². The molecule has 0 saturated heterocycles. The fourth-order valence-corrected chi connectivity index (χ4v) is 2.54. The summed E-state index contributed by atoms with van der Waals surface area (Å²) in [6, 6.07) is 0.318. The van der Waals surface area contributed by atoms with Crippen molar-refractivity contribution < 1.29 is 0 Å². The SMILES string of the molecule is CCCn1ncc(Br)c1C(CN(C)C)NCC. The van der Waals surface area contributed by atoms with Crippen molar-refractivity contribution in [2.75, 3.05) is 27.2 Å².